The Hall–Kier alpha value is -2.08. The van der Waals surface area contributed by atoms with Crippen LogP contribution in [0.25, 0.3) is 0 Å². The van der Waals surface area contributed by atoms with Crippen LogP contribution in [0.15, 0.2) is 22.7 Å². The van der Waals surface area contributed by atoms with Gasteiger partial charge in [0.1, 0.15) is 11.9 Å². The number of likely N-dealkylation sites (tertiary alicyclic amines) is 1. The van der Waals surface area contributed by atoms with Crippen LogP contribution in [0.4, 0.5) is 5.82 Å². The molecule has 0 radical (unpaired) electrons. The minimum Gasteiger partial charge on any atom is -0.485 e. The van der Waals surface area contributed by atoms with Crippen molar-refractivity contribution < 1.29 is 9.15 Å². The molecule has 0 N–H and O–H groups in total. The van der Waals surface area contributed by atoms with Gasteiger partial charge < -0.3 is 14.1 Å². The Morgan fingerprint density at radius 2 is 2.08 bits per heavy atom. The van der Waals surface area contributed by atoms with Gasteiger partial charge in [-0.2, -0.15) is 0 Å². The number of anilines is 1. The Kier molecular flexibility index (Phi) is 4.61. The molecule has 2 saturated heterocycles. The van der Waals surface area contributed by atoms with Gasteiger partial charge in [-0.15, -0.1) is 0 Å². The maximum atomic E-state index is 6.33. The van der Waals surface area contributed by atoms with Crippen molar-refractivity contribution in [2.75, 3.05) is 31.1 Å². The molecule has 2 aromatic heterocycles. The summed E-state index contributed by atoms with van der Waals surface area (Å²) in [5.74, 6) is 3.58. The van der Waals surface area contributed by atoms with Crippen molar-refractivity contribution in [1.82, 2.24) is 14.9 Å². The average molecular weight is 342 g/mol. The Morgan fingerprint density at radius 3 is 2.84 bits per heavy atom. The van der Waals surface area contributed by atoms with Gasteiger partial charge in [0, 0.05) is 45.8 Å². The maximum Gasteiger partial charge on any atom is 0.191 e. The Morgan fingerprint density at radius 1 is 1.24 bits per heavy atom. The number of hydrogen-bond acceptors (Lipinski definition) is 6. The van der Waals surface area contributed by atoms with E-state index in [2.05, 4.69) is 25.8 Å². The lowest BCUT2D eigenvalue weighted by atomic mass is 10.3. The van der Waals surface area contributed by atoms with Crippen LogP contribution in [0, 0.1) is 13.8 Å². The van der Waals surface area contributed by atoms with Gasteiger partial charge in [-0.1, -0.05) is 0 Å². The summed E-state index contributed by atoms with van der Waals surface area (Å²) in [5.41, 5.74) is 1.04. The fourth-order valence-corrected chi connectivity index (χ4v) is 3.79. The zero-order valence-corrected chi connectivity index (χ0v) is 15.1. The largest absolute Gasteiger partial charge is 0.485 e. The molecule has 4 heterocycles. The van der Waals surface area contributed by atoms with Gasteiger partial charge in [0.2, 0.25) is 0 Å². The van der Waals surface area contributed by atoms with Gasteiger partial charge in [-0.25, -0.2) is 9.97 Å². The van der Waals surface area contributed by atoms with Gasteiger partial charge in [0.15, 0.2) is 17.5 Å². The summed E-state index contributed by atoms with van der Waals surface area (Å²) in [6.45, 7) is 8.81. The maximum absolute atomic E-state index is 6.33. The lowest BCUT2D eigenvalue weighted by Crippen LogP contribution is -2.26. The van der Waals surface area contributed by atoms with Crippen LogP contribution in [0.5, 0.6) is 5.75 Å². The second-order valence-corrected chi connectivity index (χ2v) is 7.02. The summed E-state index contributed by atoms with van der Waals surface area (Å²) in [7, 11) is 0. The molecule has 2 fully saturated rings. The van der Waals surface area contributed by atoms with Crippen LogP contribution in [-0.2, 0) is 6.54 Å². The third kappa shape index (κ3) is 3.63. The first-order valence-electron chi connectivity index (χ1n) is 9.21. The van der Waals surface area contributed by atoms with Crippen LogP contribution < -0.4 is 9.64 Å². The van der Waals surface area contributed by atoms with Gasteiger partial charge in [-0.3, -0.25) is 4.90 Å². The molecule has 134 valence electrons. The number of pyridine rings is 1. The van der Waals surface area contributed by atoms with E-state index < -0.39 is 0 Å². The number of aryl methyl sites for hydroxylation is 2. The predicted octanol–water partition coefficient (Wildman–Crippen LogP) is 2.94. The monoisotopic (exact) mass is 342 g/mol. The van der Waals surface area contributed by atoms with Crippen molar-refractivity contribution in [3.63, 3.8) is 0 Å². The fraction of sp³-hybridized carbons (Fsp3) is 0.579. The zero-order valence-electron chi connectivity index (χ0n) is 15.1. The normalized spacial score (nSPS) is 21.2. The standard InChI is InChI=1S/C19H26N4O2/c1-14-17(21-15(2)24-14)13-22-11-7-16(12-22)25-18-6-5-8-20-19(18)23-9-3-4-10-23/h5-6,8,16H,3-4,7,9-13H2,1-2H3/t16-/m1/s1. The lowest BCUT2D eigenvalue weighted by Gasteiger charge is -2.22. The number of rotatable bonds is 5. The van der Waals surface area contributed by atoms with E-state index in [0.717, 1.165) is 68.1 Å². The molecule has 25 heavy (non-hydrogen) atoms. The van der Waals surface area contributed by atoms with E-state index in [1.165, 1.54) is 12.8 Å². The summed E-state index contributed by atoms with van der Waals surface area (Å²) in [6, 6.07) is 4.01. The highest BCUT2D eigenvalue weighted by Gasteiger charge is 2.27. The summed E-state index contributed by atoms with van der Waals surface area (Å²) < 4.78 is 11.9. The van der Waals surface area contributed by atoms with Gasteiger partial charge >= 0.3 is 0 Å². The summed E-state index contributed by atoms with van der Waals surface area (Å²) in [4.78, 5) is 13.8. The highest BCUT2D eigenvalue weighted by molar-refractivity contribution is 5.52. The number of nitrogens with zero attached hydrogens (tertiary/aromatic N) is 4. The molecule has 2 aromatic rings. The highest BCUT2D eigenvalue weighted by atomic mass is 16.5. The Labute approximate surface area is 148 Å². The van der Waals surface area contributed by atoms with E-state index in [4.69, 9.17) is 9.15 Å². The van der Waals surface area contributed by atoms with Crippen LogP contribution in [0.1, 0.15) is 36.6 Å². The first-order valence-corrected chi connectivity index (χ1v) is 9.21. The second-order valence-electron chi connectivity index (χ2n) is 7.02. The van der Waals surface area contributed by atoms with Crippen molar-refractivity contribution in [3.8, 4) is 5.75 Å². The quantitative estimate of drug-likeness (QED) is 0.833. The minimum atomic E-state index is 0.207. The molecule has 2 aliphatic rings. The number of hydrogen-bond donors (Lipinski definition) is 0. The molecule has 0 unspecified atom stereocenters. The molecule has 0 bridgehead atoms. The molecule has 0 spiro atoms. The number of ether oxygens (including phenoxy) is 1. The van der Waals surface area contributed by atoms with E-state index in [0.29, 0.717) is 0 Å². The topological polar surface area (TPSA) is 54.6 Å². The molecular weight excluding hydrogens is 316 g/mol. The first-order chi connectivity index (χ1) is 12.2. The molecule has 2 aliphatic heterocycles. The molecule has 1 atom stereocenters. The summed E-state index contributed by atoms with van der Waals surface area (Å²) in [5, 5.41) is 0. The van der Waals surface area contributed by atoms with Crippen molar-refractivity contribution >= 4 is 5.82 Å². The molecule has 6 nitrogen and oxygen atoms in total. The second kappa shape index (κ2) is 7.04. The Bertz CT molecular complexity index is 724. The van der Waals surface area contributed by atoms with Crippen LogP contribution in [0.2, 0.25) is 0 Å². The minimum absolute atomic E-state index is 0.207. The van der Waals surface area contributed by atoms with Crippen molar-refractivity contribution in [2.45, 2.75) is 45.8 Å². The molecule has 6 heteroatoms. The molecule has 0 aliphatic carbocycles. The van der Waals surface area contributed by atoms with Gasteiger partial charge in [-0.05, 0) is 38.3 Å². The molecular formula is C19H26N4O2. The van der Waals surface area contributed by atoms with E-state index in [1.54, 1.807) is 0 Å². The highest BCUT2D eigenvalue weighted by Crippen LogP contribution is 2.30. The van der Waals surface area contributed by atoms with E-state index >= 15 is 0 Å². The molecule has 0 amide bonds. The van der Waals surface area contributed by atoms with Crippen LogP contribution >= 0.6 is 0 Å². The van der Waals surface area contributed by atoms with Crippen LogP contribution in [0.3, 0.4) is 0 Å². The Balaban J connectivity index is 1.39. The molecule has 0 saturated carbocycles. The molecule has 0 aromatic carbocycles. The van der Waals surface area contributed by atoms with Crippen molar-refractivity contribution in [3.05, 3.63) is 35.7 Å². The van der Waals surface area contributed by atoms with Gasteiger partial charge in [0.25, 0.3) is 0 Å². The van der Waals surface area contributed by atoms with Crippen LogP contribution in [-0.4, -0.2) is 47.2 Å². The van der Waals surface area contributed by atoms with E-state index in [-0.39, 0.29) is 6.10 Å². The predicted molar refractivity (Wildman–Crippen MR) is 96.0 cm³/mol. The third-order valence-corrected chi connectivity index (χ3v) is 5.05. The number of aromatic nitrogens is 2. The smallest absolute Gasteiger partial charge is 0.191 e. The fourth-order valence-electron chi connectivity index (χ4n) is 3.79. The SMILES string of the molecule is Cc1nc(CN2CC[C@@H](Oc3cccnc3N3CCCC3)C2)c(C)o1. The van der Waals surface area contributed by atoms with E-state index in [1.807, 2.05) is 26.1 Å². The first kappa shape index (κ1) is 16.4. The van der Waals surface area contributed by atoms with Crippen molar-refractivity contribution in [2.24, 2.45) is 0 Å². The summed E-state index contributed by atoms with van der Waals surface area (Å²) >= 11 is 0. The zero-order chi connectivity index (χ0) is 17.2. The lowest BCUT2D eigenvalue weighted by molar-refractivity contribution is 0.197. The molecule has 4 rings (SSSR count). The summed E-state index contributed by atoms with van der Waals surface area (Å²) in [6.07, 6.45) is 5.58. The van der Waals surface area contributed by atoms with Gasteiger partial charge in [0.05, 0.1) is 5.69 Å². The third-order valence-electron chi connectivity index (χ3n) is 5.05. The average Bonchev–Trinajstić information content (AvgIpc) is 3.32. The van der Waals surface area contributed by atoms with Crippen molar-refractivity contribution in [1.29, 1.82) is 0 Å². The van der Waals surface area contributed by atoms with E-state index in [9.17, 15) is 0 Å². The number of oxazole rings is 1.